The van der Waals surface area contributed by atoms with E-state index in [4.69, 9.17) is 5.73 Å². The predicted octanol–water partition coefficient (Wildman–Crippen LogP) is 3.27. The van der Waals surface area contributed by atoms with Crippen LogP contribution in [0.15, 0.2) is 18.2 Å². The molecule has 0 saturated heterocycles. The van der Waals surface area contributed by atoms with Gasteiger partial charge in [0.15, 0.2) is 5.78 Å². The molecule has 2 nitrogen and oxygen atoms in total. The second-order valence-corrected chi connectivity index (χ2v) is 3.65. The van der Waals surface area contributed by atoms with E-state index < -0.39 is 17.5 Å². The maximum Gasteiger partial charge on any atom is 0.416 e. The normalized spacial score (nSPS) is 10.7. The third-order valence-corrected chi connectivity index (χ3v) is 2.33. The van der Waals surface area contributed by atoms with Crippen LogP contribution in [0.4, 0.5) is 18.9 Å². The highest BCUT2D eigenvalue weighted by molar-refractivity contribution is 6.01. The number of hydrogen-bond donors (Lipinski definition) is 1. The molecule has 0 amide bonds. The molecule has 2 N–H and O–H groups in total. The number of alkyl halides is 3. The van der Waals surface area contributed by atoms with Crippen molar-refractivity contribution >= 4 is 11.5 Å². The number of Topliss-reactive ketones (excluding diaryl/α,β-unsaturated/α-hetero) is 1. The molecular formula is C13H12F3NO. The van der Waals surface area contributed by atoms with E-state index in [0.29, 0.717) is 6.42 Å². The van der Waals surface area contributed by atoms with E-state index in [0.717, 1.165) is 18.2 Å². The molecule has 1 rings (SSSR count). The van der Waals surface area contributed by atoms with Gasteiger partial charge in [0.05, 0.1) is 5.56 Å². The van der Waals surface area contributed by atoms with Crippen molar-refractivity contribution in [1.82, 2.24) is 0 Å². The number of carbonyl (C=O) groups is 1. The van der Waals surface area contributed by atoms with Gasteiger partial charge in [-0.3, -0.25) is 4.79 Å². The fraction of sp³-hybridized carbons (Fsp3) is 0.308. The van der Waals surface area contributed by atoms with Crippen molar-refractivity contribution in [3.63, 3.8) is 0 Å². The quantitative estimate of drug-likeness (QED) is 0.511. The first-order valence-corrected chi connectivity index (χ1v) is 5.25. The highest BCUT2D eigenvalue weighted by atomic mass is 19.4. The second-order valence-electron chi connectivity index (χ2n) is 3.65. The topological polar surface area (TPSA) is 43.1 Å². The van der Waals surface area contributed by atoms with E-state index in [9.17, 15) is 18.0 Å². The van der Waals surface area contributed by atoms with Crippen LogP contribution in [0.25, 0.3) is 0 Å². The first-order valence-electron chi connectivity index (χ1n) is 5.25. The molecule has 96 valence electrons. The first-order chi connectivity index (χ1) is 8.36. The molecular weight excluding hydrogens is 243 g/mol. The average molecular weight is 255 g/mol. The van der Waals surface area contributed by atoms with Gasteiger partial charge < -0.3 is 5.73 Å². The molecule has 0 heterocycles. The zero-order valence-corrected chi connectivity index (χ0v) is 9.77. The van der Waals surface area contributed by atoms with Crippen LogP contribution < -0.4 is 5.73 Å². The number of anilines is 1. The van der Waals surface area contributed by atoms with Crippen LogP contribution in [0.1, 0.15) is 35.7 Å². The molecule has 0 aliphatic carbocycles. The second kappa shape index (κ2) is 5.58. The molecule has 0 bridgehead atoms. The number of nitrogens with two attached hydrogens (primary N) is 1. The number of rotatable bonds is 3. The Balaban J connectivity index is 2.99. The van der Waals surface area contributed by atoms with Gasteiger partial charge in [-0.05, 0) is 25.1 Å². The molecule has 18 heavy (non-hydrogen) atoms. The summed E-state index contributed by atoms with van der Waals surface area (Å²) < 4.78 is 37.5. The maximum atomic E-state index is 12.5. The van der Waals surface area contributed by atoms with Crippen molar-refractivity contribution < 1.29 is 18.0 Å². The summed E-state index contributed by atoms with van der Waals surface area (Å²) in [6.45, 7) is 1.63. The summed E-state index contributed by atoms with van der Waals surface area (Å²) in [6, 6.07) is 2.75. The number of nitrogen functional groups attached to an aromatic ring is 1. The highest BCUT2D eigenvalue weighted by Crippen LogP contribution is 2.31. The Morgan fingerprint density at radius 3 is 2.61 bits per heavy atom. The Morgan fingerprint density at radius 2 is 2.06 bits per heavy atom. The van der Waals surface area contributed by atoms with Gasteiger partial charge in [-0.15, -0.1) is 11.8 Å². The molecule has 0 aliphatic rings. The number of carbonyl (C=O) groups excluding carboxylic acids is 1. The number of halogens is 3. The minimum atomic E-state index is -4.48. The zero-order valence-electron chi connectivity index (χ0n) is 9.77. The van der Waals surface area contributed by atoms with Crippen molar-refractivity contribution in [2.45, 2.75) is 25.9 Å². The van der Waals surface area contributed by atoms with Gasteiger partial charge in [-0.2, -0.15) is 13.2 Å². The molecule has 0 unspecified atom stereocenters. The molecule has 0 spiro atoms. The van der Waals surface area contributed by atoms with E-state index >= 15 is 0 Å². The van der Waals surface area contributed by atoms with Gasteiger partial charge in [0.1, 0.15) is 0 Å². The largest absolute Gasteiger partial charge is 0.416 e. The Morgan fingerprint density at radius 1 is 1.39 bits per heavy atom. The van der Waals surface area contributed by atoms with Crippen LogP contribution in [0.2, 0.25) is 0 Å². The summed E-state index contributed by atoms with van der Waals surface area (Å²) in [5.41, 5.74) is 4.60. The minimum absolute atomic E-state index is 0.0532. The van der Waals surface area contributed by atoms with Gasteiger partial charge >= 0.3 is 6.18 Å². The van der Waals surface area contributed by atoms with Gasteiger partial charge in [0, 0.05) is 24.1 Å². The standard InChI is InChI=1S/C13H12F3NO/c1-2-3-4-5-12(18)10-8-9(13(14,15)16)6-7-11(10)17/h6-8H,4-5,17H2,1H3. The molecule has 1 aromatic carbocycles. The number of hydrogen-bond acceptors (Lipinski definition) is 2. The minimum Gasteiger partial charge on any atom is -0.398 e. The van der Waals surface area contributed by atoms with Crippen LogP contribution >= 0.6 is 0 Å². The summed E-state index contributed by atoms with van der Waals surface area (Å²) >= 11 is 0. The van der Waals surface area contributed by atoms with Crippen LogP contribution in [0.5, 0.6) is 0 Å². The summed E-state index contributed by atoms with van der Waals surface area (Å²) in [5.74, 6) is 4.86. The van der Waals surface area contributed by atoms with E-state index in [1.54, 1.807) is 6.92 Å². The molecule has 5 heteroatoms. The predicted molar refractivity (Wildman–Crippen MR) is 62.9 cm³/mol. The Kier molecular flexibility index (Phi) is 4.38. The molecule has 0 radical (unpaired) electrons. The van der Waals surface area contributed by atoms with Crippen LogP contribution in [-0.4, -0.2) is 5.78 Å². The number of benzene rings is 1. The lowest BCUT2D eigenvalue weighted by molar-refractivity contribution is -0.137. The van der Waals surface area contributed by atoms with E-state index in [1.807, 2.05) is 0 Å². The highest BCUT2D eigenvalue weighted by Gasteiger charge is 2.31. The first kappa shape index (κ1) is 14.1. The fourth-order valence-corrected chi connectivity index (χ4v) is 1.41. The van der Waals surface area contributed by atoms with Gasteiger partial charge in [-0.25, -0.2) is 0 Å². The molecule has 0 aliphatic heterocycles. The Bertz CT molecular complexity index is 509. The molecule has 0 atom stereocenters. The summed E-state index contributed by atoms with van der Waals surface area (Å²) in [7, 11) is 0. The van der Waals surface area contributed by atoms with Crippen molar-refractivity contribution in [2.75, 3.05) is 5.73 Å². The van der Waals surface area contributed by atoms with E-state index in [2.05, 4.69) is 11.8 Å². The third kappa shape index (κ3) is 3.52. The van der Waals surface area contributed by atoms with E-state index in [-0.39, 0.29) is 17.7 Å². The fourth-order valence-electron chi connectivity index (χ4n) is 1.41. The van der Waals surface area contributed by atoms with Crippen molar-refractivity contribution in [3.8, 4) is 11.8 Å². The SMILES string of the molecule is CC#CCCC(=O)c1cc(C(F)(F)F)ccc1N. The lowest BCUT2D eigenvalue weighted by atomic mass is 10.0. The van der Waals surface area contributed by atoms with Gasteiger partial charge in [0.25, 0.3) is 0 Å². The average Bonchev–Trinajstić information content (AvgIpc) is 2.28. The molecule has 0 aromatic heterocycles. The maximum absolute atomic E-state index is 12.5. The molecule has 1 aromatic rings. The summed E-state index contributed by atoms with van der Waals surface area (Å²) in [5, 5.41) is 0. The summed E-state index contributed by atoms with van der Waals surface area (Å²) in [6.07, 6.45) is -4.11. The van der Waals surface area contributed by atoms with Crippen molar-refractivity contribution in [1.29, 1.82) is 0 Å². The molecule has 0 saturated carbocycles. The lowest BCUT2D eigenvalue weighted by Gasteiger charge is -2.10. The van der Waals surface area contributed by atoms with Gasteiger partial charge in [0.2, 0.25) is 0 Å². The third-order valence-electron chi connectivity index (χ3n) is 2.33. The van der Waals surface area contributed by atoms with Crippen LogP contribution in [0, 0.1) is 11.8 Å². The smallest absolute Gasteiger partial charge is 0.398 e. The van der Waals surface area contributed by atoms with Crippen molar-refractivity contribution in [2.24, 2.45) is 0 Å². The lowest BCUT2D eigenvalue weighted by Crippen LogP contribution is -2.09. The van der Waals surface area contributed by atoms with E-state index in [1.165, 1.54) is 0 Å². The number of ketones is 1. The zero-order chi connectivity index (χ0) is 13.8. The summed E-state index contributed by atoms with van der Waals surface area (Å²) in [4.78, 5) is 11.7. The Labute approximate surface area is 103 Å². The Hall–Kier alpha value is -1.96. The van der Waals surface area contributed by atoms with Crippen LogP contribution in [0.3, 0.4) is 0 Å². The monoisotopic (exact) mass is 255 g/mol. The molecule has 0 fully saturated rings. The van der Waals surface area contributed by atoms with Crippen molar-refractivity contribution in [3.05, 3.63) is 29.3 Å². The van der Waals surface area contributed by atoms with Crippen LogP contribution in [-0.2, 0) is 6.18 Å². The van der Waals surface area contributed by atoms with Gasteiger partial charge in [-0.1, -0.05) is 0 Å².